The van der Waals surface area contributed by atoms with Crippen molar-refractivity contribution in [2.24, 2.45) is 0 Å². The predicted octanol–water partition coefficient (Wildman–Crippen LogP) is 0.472. The lowest BCUT2D eigenvalue weighted by Gasteiger charge is -2.07. The van der Waals surface area contributed by atoms with Crippen LogP contribution in [0, 0.1) is 0 Å². The Morgan fingerprint density at radius 2 is 2.17 bits per heavy atom. The van der Waals surface area contributed by atoms with Crippen molar-refractivity contribution in [2.45, 2.75) is 6.42 Å². The lowest BCUT2D eigenvalue weighted by Crippen LogP contribution is -2.24. The molecule has 1 aromatic heterocycles. The van der Waals surface area contributed by atoms with E-state index in [1.165, 1.54) is 7.05 Å². The zero-order valence-corrected chi connectivity index (χ0v) is 6.77. The van der Waals surface area contributed by atoms with Crippen molar-refractivity contribution in [3.8, 4) is 0 Å². The highest BCUT2D eigenvalue weighted by Crippen LogP contribution is 1.98. The molecule has 4 heteroatoms. The first kappa shape index (κ1) is 8.67. The van der Waals surface area contributed by atoms with Gasteiger partial charge in [0, 0.05) is 19.4 Å². The molecule has 0 fully saturated rings. The highest BCUT2D eigenvalue weighted by Gasteiger charge is 2.05. The van der Waals surface area contributed by atoms with E-state index in [0.29, 0.717) is 5.06 Å². The first-order chi connectivity index (χ1) is 5.70. The van der Waals surface area contributed by atoms with Gasteiger partial charge in [0.1, 0.15) is 0 Å². The molecule has 0 saturated carbocycles. The molecule has 0 unspecified atom stereocenters. The molecule has 1 aromatic rings. The van der Waals surface area contributed by atoms with Crippen LogP contribution in [0.2, 0.25) is 0 Å². The third kappa shape index (κ3) is 2.32. The van der Waals surface area contributed by atoms with Crippen LogP contribution >= 0.6 is 0 Å². The lowest BCUT2D eigenvalue weighted by atomic mass is 10.2. The number of hydroxylamine groups is 2. The number of rotatable bonds is 2. The molecule has 1 heterocycles. The van der Waals surface area contributed by atoms with Gasteiger partial charge in [-0.1, -0.05) is 0 Å². The van der Waals surface area contributed by atoms with Crippen LogP contribution in [0.5, 0.6) is 0 Å². The van der Waals surface area contributed by atoms with Crippen molar-refractivity contribution in [1.82, 2.24) is 10.0 Å². The molecule has 0 atom stereocenters. The Morgan fingerprint density at radius 3 is 2.67 bits per heavy atom. The smallest absolute Gasteiger partial charge is 0.250 e. The Labute approximate surface area is 70.4 Å². The Balaban J connectivity index is 2.59. The summed E-state index contributed by atoms with van der Waals surface area (Å²) in [5.41, 5.74) is 0.843. The maximum atomic E-state index is 11.0. The van der Waals surface area contributed by atoms with Gasteiger partial charge in [0.2, 0.25) is 5.91 Å². The third-order valence-corrected chi connectivity index (χ3v) is 1.47. The average molecular weight is 166 g/mol. The Morgan fingerprint density at radius 1 is 1.58 bits per heavy atom. The normalized spacial score (nSPS) is 9.50. The van der Waals surface area contributed by atoms with E-state index < -0.39 is 0 Å². The molecule has 1 N–H and O–H groups in total. The lowest BCUT2D eigenvalue weighted by molar-refractivity contribution is -0.158. The summed E-state index contributed by atoms with van der Waals surface area (Å²) in [6.45, 7) is 0. The number of hydrogen-bond donors (Lipinski definition) is 1. The summed E-state index contributed by atoms with van der Waals surface area (Å²) in [5, 5.41) is 9.33. The molecule has 1 amide bonds. The predicted molar refractivity (Wildman–Crippen MR) is 42.5 cm³/mol. The van der Waals surface area contributed by atoms with E-state index in [4.69, 9.17) is 5.21 Å². The highest BCUT2D eigenvalue weighted by molar-refractivity contribution is 5.77. The van der Waals surface area contributed by atoms with E-state index in [9.17, 15) is 4.79 Å². The molecular weight excluding hydrogens is 156 g/mol. The molecule has 0 aliphatic heterocycles. The van der Waals surface area contributed by atoms with Crippen LogP contribution in [-0.4, -0.2) is 28.2 Å². The van der Waals surface area contributed by atoms with Gasteiger partial charge >= 0.3 is 0 Å². The zero-order chi connectivity index (χ0) is 8.97. The quantitative estimate of drug-likeness (QED) is 0.513. The minimum atomic E-state index is -0.332. The minimum absolute atomic E-state index is 0.204. The van der Waals surface area contributed by atoms with E-state index in [1.807, 2.05) is 0 Å². The summed E-state index contributed by atoms with van der Waals surface area (Å²) >= 11 is 0. The Kier molecular flexibility index (Phi) is 2.76. The summed E-state index contributed by atoms with van der Waals surface area (Å²) in [6, 6.07) is 3.47. The summed E-state index contributed by atoms with van der Waals surface area (Å²) in [7, 11) is 1.31. The fourth-order valence-electron chi connectivity index (χ4n) is 0.790. The van der Waals surface area contributed by atoms with Crippen LogP contribution in [0.25, 0.3) is 0 Å². The zero-order valence-electron chi connectivity index (χ0n) is 6.77. The molecule has 64 valence electrons. The fourth-order valence-corrected chi connectivity index (χ4v) is 0.790. The monoisotopic (exact) mass is 166 g/mol. The SMILES string of the molecule is CN(O)C(=O)Cc1ccncc1. The van der Waals surface area contributed by atoms with Crippen molar-refractivity contribution in [2.75, 3.05) is 7.05 Å². The van der Waals surface area contributed by atoms with Crippen LogP contribution < -0.4 is 0 Å². The van der Waals surface area contributed by atoms with Crippen molar-refractivity contribution in [1.29, 1.82) is 0 Å². The van der Waals surface area contributed by atoms with Gasteiger partial charge in [-0.05, 0) is 17.7 Å². The standard InChI is InChI=1S/C8H10N2O2/c1-10(12)8(11)6-7-2-4-9-5-3-7/h2-5,12H,6H2,1H3. The minimum Gasteiger partial charge on any atom is -0.286 e. The Hall–Kier alpha value is -1.42. The third-order valence-electron chi connectivity index (χ3n) is 1.47. The van der Waals surface area contributed by atoms with Gasteiger partial charge in [-0.15, -0.1) is 0 Å². The average Bonchev–Trinajstić information content (AvgIpc) is 2.06. The topological polar surface area (TPSA) is 53.4 Å². The molecule has 0 aliphatic rings. The first-order valence-electron chi connectivity index (χ1n) is 3.54. The number of carbonyl (C=O) groups is 1. The molecule has 0 spiro atoms. The molecule has 0 aromatic carbocycles. The summed E-state index contributed by atoms with van der Waals surface area (Å²) in [5.74, 6) is -0.332. The van der Waals surface area contributed by atoms with E-state index in [0.717, 1.165) is 5.56 Å². The van der Waals surface area contributed by atoms with Crippen LogP contribution in [-0.2, 0) is 11.2 Å². The van der Waals surface area contributed by atoms with Gasteiger partial charge in [-0.3, -0.25) is 15.0 Å². The number of amides is 1. The maximum absolute atomic E-state index is 11.0. The van der Waals surface area contributed by atoms with Gasteiger partial charge in [0.25, 0.3) is 0 Å². The first-order valence-corrected chi connectivity index (χ1v) is 3.54. The number of nitrogens with zero attached hydrogens (tertiary/aromatic N) is 2. The van der Waals surface area contributed by atoms with Crippen molar-refractivity contribution >= 4 is 5.91 Å². The van der Waals surface area contributed by atoms with E-state index in [-0.39, 0.29) is 12.3 Å². The fraction of sp³-hybridized carbons (Fsp3) is 0.250. The van der Waals surface area contributed by atoms with Gasteiger partial charge in [-0.25, -0.2) is 5.06 Å². The molecule has 1 rings (SSSR count). The van der Waals surface area contributed by atoms with Crippen LogP contribution in [0.15, 0.2) is 24.5 Å². The van der Waals surface area contributed by atoms with Crippen LogP contribution in [0.1, 0.15) is 5.56 Å². The van der Waals surface area contributed by atoms with E-state index >= 15 is 0 Å². The largest absolute Gasteiger partial charge is 0.286 e. The second-order valence-corrected chi connectivity index (χ2v) is 2.45. The highest BCUT2D eigenvalue weighted by atomic mass is 16.5. The number of pyridine rings is 1. The van der Waals surface area contributed by atoms with Crippen molar-refractivity contribution in [3.05, 3.63) is 30.1 Å². The van der Waals surface area contributed by atoms with Gasteiger partial charge in [-0.2, -0.15) is 0 Å². The number of hydrogen-bond acceptors (Lipinski definition) is 3. The molecule has 0 aliphatic carbocycles. The molecule has 0 saturated heterocycles. The molecule has 0 radical (unpaired) electrons. The van der Waals surface area contributed by atoms with Gasteiger partial charge < -0.3 is 0 Å². The number of aromatic nitrogens is 1. The summed E-state index contributed by atoms with van der Waals surface area (Å²) < 4.78 is 0. The number of likely N-dealkylation sites (N-methyl/N-ethyl adjacent to an activating group) is 1. The molecule has 12 heavy (non-hydrogen) atoms. The van der Waals surface area contributed by atoms with Gasteiger partial charge in [0.05, 0.1) is 6.42 Å². The van der Waals surface area contributed by atoms with Gasteiger partial charge in [0.15, 0.2) is 0 Å². The van der Waals surface area contributed by atoms with Crippen molar-refractivity contribution < 1.29 is 10.0 Å². The molecular formula is C8H10N2O2. The van der Waals surface area contributed by atoms with Crippen LogP contribution in [0.3, 0.4) is 0 Å². The second-order valence-electron chi connectivity index (χ2n) is 2.45. The van der Waals surface area contributed by atoms with Crippen LogP contribution in [0.4, 0.5) is 0 Å². The number of carbonyl (C=O) groups excluding carboxylic acids is 1. The molecule has 4 nitrogen and oxygen atoms in total. The van der Waals surface area contributed by atoms with Crippen molar-refractivity contribution in [3.63, 3.8) is 0 Å². The second kappa shape index (κ2) is 3.82. The van der Waals surface area contributed by atoms with E-state index in [2.05, 4.69) is 4.98 Å². The Bertz CT molecular complexity index is 259. The van der Waals surface area contributed by atoms with E-state index in [1.54, 1.807) is 24.5 Å². The summed E-state index contributed by atoms with van der Waals surface area (Å²) in [6.07, 6.45) is 3.43. The summed E-state index contributed by atoms with van der Waals surface area (Å²) in [4.78, 5) is 14.8. The molecule has 0 bridgehead atoms. The maximum Gasteiger partial charge on any atom is 0.250 e.